The first-order chi connectivity index (χ1) is 10.2. The molecule has 1 N–H and O–H groups in total. The van der Waals surface area contributed by atoms with Gasteiger partial charge in [0, 0.05) is 29.4 Å². The Bertz CT molecular complexity index is 670. The molecule has 0 atom stereocenters. The average Bonchev–Trinajstić information content (AvgIpc) is 2.51. The molecule has 2 aromatic rings. The topological polar surface area (TPSA) is 34.2 Å². The summed E-state index contributed by atoms with van der Waals surface area (Å²) < 4.78 is 19.1. The Morgan fingerprint density at radius 3 is 2.86 bits per heavy atom. The molecule has 0 saturated heterocycles. The Morgan fingerprint density at radius 1 is 1.29 bits per heavy atom. The molecule has 21 heavy (non-hydrogen) atoms. The monoisotopic (exact) mass is 288 g/mol. The van der Waals surface area contributed by atoms with Gasteiger partial charge in [-0.2, -0.15) is 0 Å². The van der Waals surface area contributed by atoms with Crippen LogP contribution in [0.4, 0.5) is 10.1 Å². The summed E-state index contributed by atoms with van der Waals surface area (Å²) in [4.78, 5) is 4.69. The lowest BCUT2D eigenvalue weighted by Gasteiger charge is -2.22. The van der Waals surface area contributed by atoms with Crippen LogP contribution >= 0.6 is 0 Å². The van der Waals surface area contributed by atoms with Crippen molar-refractivity contribution in [2.24, 2.45) is 0 Å². The summed E-state index contributed by atoms with van der Waals surface area (Å²) >= 11 is 0. The van der Waals surface area contributed by atoms with E-state index in [-0.39, 0.29) is 11.6 Å². The maximum atomic E-state index is 14.0. The van der Waals surface area contributed by atoms with Crippen molar-refractivity contribution in [3.63, 3.8) is 0 Å². The Balaban J connectivity index is 2.24. The van der Waals surface area contributed by atoms with E-state index in [1.54, 1.807) is 6.07 Å². The molecule has 0 amide bonds. The van der Waals surface area contributed by atoms with Crippen LogP contribution in [0.15, 0.2) is 12.1 Å². The van der Waals surface area contributed by atoms with E-state index in [1.807, 2.05) is 0 Å². The maximum Gasteiger partial charge on any atom is 0.167 e. The van der Waals surface area contributed by atoms with E-state index in [9.17, 15) is 4.39 Å². The van der Waals surface area contributed by atoms with Crippen LogP contribution in [0.25, 0.3) is 10.9 Å². The molecular weight excluding hydrogens is 267 g/mol. The predicted octanol–water partition coefficient (Wildman–Crippen LogP) is 4.08. The first-order valence-electron chi connectivity index (χ1n) is 7.67. The number of ether oxygens (including phenoxy) is 1. The zero-order valence-electron chi connectivity index (χ0n) is 12.6. The Kier molecular flexibility index (Phi) is 3.95. The number of hydrogen-bond donors (Lipinski definition) is 1. The van der Waals surface area contributed by atoms with E-state index in [2.05, 4.69) is 17.2 Å². The van der Waals surface area contributed by atoms with Crippen molar-refractivity contribution in [2.75, 3.05) is 19.0 Å². The van der Waals surface area contributed by atoms with Crippen LogP contribution in [0, 0.1) is 5.82 Å². The van der Waals surface area contributed by atoms with Crippen LogP contribution in [-0.2, 0) is 12.8 Å². The molecule has 0 bridgehead atoms. The van der Waals surface area contributed by atoms with E-state index in [0.29, 0.717) is 5.52 Å². The minimum absolute atomic E-state index is 0.277. The Morgan fingerprint density at radius 2 is 2.10 bits per heavy atom. The van der Waals surface area contributed by atoms with Crippen molar-refractivity contribution in [3.8, 4) is 5.75 Å². The van der Waals surface area contributed by atoms with Crippen LogP contribution in [0.3, 0.4) is 0 Å². The van der Waals surface area contributed by atoms with Gasteiger partial charge in [-0.25, -0.2) is 4.39 Å². The molecule has 1 aromatic heterocycles. The largest absolute Gasteiger partial charge is 0.494 e. The summed E-state index contributed by atoms with van der Waals surface area (Å²) in [6, 6.07) is 3.25. The molecule has 112 valence electrons. The minimum atomic E-state index is -0.352. The number of rotatable bonds is 4. The zero-order chi connectivity index (χ0) is 14.8. The third-order valence-corrected chi connectivity index (χ3v) is 4.09. The minimum Gasteiger partial charge on any atom is -0.494 e. The van der Waals surface area contributed by atoms with E-state index < -0.39 is 0 Å². The summed E-state index contributed by atoms with van der Waals surface area (Å²) in [7, 11) is 1.50. The van der Waals surface area contributed by atoms with Gasteiger partial charge in [-0.05, 0) is 43.7 Å². The number of pyridine rings is 1. The van der Waals surface area contributed by atoms with Crippen LogP contribution in [-0.4, -0.2) is 18.6 Å². The van der Waals surface area contributed by atoms with Gasteiger partial charge in [0.2, 0.25) is 0 Å². The number of methoxy groups -OCH3 is 1. The summed E-state index contributed by atoms with van der Waals surface area (Å²) in [5.74, 6) is -0.0747. The lowest BCUT2D eigenvalue weighted by molar-refractivity contribution is 0.387. The van der Waals surface area contributed by atoms with E-state index in [1.165, 1.54) is 25.2 Å². The fourth-order valence-corrected chi connectivity index (χ4v) is 3.03. The molecule has 1 aliphatic carbocycles. The number of aryl methyl sites for hydroxylation is 1. The first-order valence-corrected chi connectivity index (χ1v) is 7.67. The van der Waals surface area contributed by atoms with Gasteiger partial charge in [0.15, 0.2) is 11.6 Å². The second-order valence-corrected chi connectivity index (χ2v) is 5.55. The first kappa shape index (κ1) is 14.1. The van der Waals surface area contributed by atoms with Gasteiger partial charge < -0.3 is 10.1 Å². The van der Waals surface area contributed by atoms with Gasteiger partial charge in [0.1, 0.15) is 0 Å². The van der Waals surface area contributed by atoms with Crippen molar-refractivity contribution in [3.05, 3.63) is 29.2 Å². The van der Waals surface area contributed by atoms with Gasteiger partial charge in [0.25, 0.3) is 0 Å². The normalized spacial score (nSPS) is 14.0. The quantitative estimate of drug-likeness (QED) is 0.920. The molecule has 3 rings (SSSR count). The van der Waals surface area contributed by atoms with E-state index >= 15 is 0 Å². The van der Waals surface area contributed by atoms with Gasteiger partial charge in [-0.15, -0.1) is 0 Å². The van der Waals surface area contributed by atoms with Crippen molar-refractivity contribution < 1.29 is 9.13 Å². The third kappa shape index (κ3) is 2.55. The highest BCUT2D eigenvalue weighted by molar-refractivity contribution is 5.94. The zero-order valence-corrected chi connectivity index (χ0v) is 12.6. The number of aromatic nitrogens is 1. The highest BCUT2D eigenvalue weighted by atomic mass is 19.1. The highest BCUT2D eigenvalue weighted by Crippen LogP contribution is 2.36. The molecule has 0 spiro atoms. The van der Waals surface area contributed by atoms with E-state index in [4.69, 9.17) is 4.74 Å². The fraction of sp³-hybridized carbons (Fsp3) is 0.471. The number of hydrogen-bond acceptors (Lipinski definition) is 3. The highest BCUT2D eigenvalue weighted by Gasteiger charge is 2.19. The van der Waals surface area contributed by atoms with Crippen LogP contribution in [0.5, 0.6) is 5.75 Å². The Labute approximate surface area is 124 Å². The number of nitrogens with zero attached hydrogens (tertiary/aromatic N) is 1. The molecule has 0 aliphatic heterocycles. The maximum absolute atomic E-state index is 14.0. The van der Waals surface area contributed by atoms with Crippen LogP contribution in [0.1, 0.15) is 37.4 Å². The molecule has 1 heterocycles. The van der Waals surface area contributed by atoms with Crippen molar-refractivity contribution in [1.29, 1.82) is 0 Å². The lowest BCUT2D eigenvalue weighted by Crippen LogP contribution is -2.12. The molecule has 1 aromatic carbocycles. The summed E-state index contributed by atoms with van der Waals surface area (Å²) in [6.45, 7) is 3.05. The number of halogens is 1. The third-order valence-electron chi connectivity index (χ3n) is 4.09. The smallest absolute Gasteiger partial charge is 0.167 e. The molecule has 3 nitrogen and oxygen atoms in total. The molecule has 4 heteroatoms. The summed E-state index contributed by atoms with van der Waals surface area (Å²) in [5, 5.41) is 4.48. The van der Waals surface area contributed by atoms with Gasteiger partial charge in [-0.3, -0.25) is 4.98 Å². The number of fused-ring (bicyclic) bond motifs is 2. The predicted molar refractivity (Wildman–Crippen MR) is 83.7 cm³/mol. The molecule has 0 unspecified atom stereocenters. The number of benzene rings is 1. The molecule has 1 aliphatic rings. The standard InChI is InChI=1S/C17H21FN2O/c1-3-8-19-17-11-6-4-5-7-14(11)20-15-10-13(18)16(21-2)9-12(15)17/h9-10H,3-8H2,1-2H3,(H,19,20). The van der Waals surface area contributed by atoms with Crippen LogP contribution in [0.2, 0.25) is 0 Å². The lowest BCUT2D eigenvalue weighted by atomic mass is 9.92. The Hall–Kier alpha value is -1.84. The second-order valence-electron chi connectivity index (χ2n) is 5.55. The van der Waals surface area contributed by atoms with Gasteiger partial charge in [0.05, 0.1) is 12.6 Å². The fourth-order valence-electron chi connectivity index (χ4n) is 3.03. The molecule has 0 radical (unpaired) electrons. The molecule has 0 saturated carbocycles. The average molecular weight is 288 g/mol. The van der Waals surface area contributed by atoms with Crippen LogP contribution < -0.4 is 10.1 Å². The van der Waals surface area contributed by atoms with Crippen molar-refractivity contribution >= 4 is 16.6 Å². The SMILES string of the molecule is CCCNc1c2c(nc3cc(F)c(OC)cc13)CCCC2. The van der Waals surface area contributed by atoms with Crippen molar-refractivity contribution in [2.45, 2.75) is 39.0 Å². The summed E-state index contributed by atoms with van der Waals surface area (Å²) in [5.41, 5.74) is 4.26. The van der Waals surface area contributed by atoms with E-state index in [0.717, 1.165) is 49.0 Å². The molecular formula is C17H21FN2O. The van der Waals surface area contributed by atoms with Gasteiger partial charge >= 0.3 is 0 Å². The summed E-state index contributed by atoms with van der Waals surface area (Å²) in [6.07, 6.45) is 5.44. The van der Waals surface area contributed by atoms with Gasteiger partial charge in [-0.1, -0.05) is 6.92 Å². The second kappa shape index (κ2) is 5.88. The molecule has 0 fully saturated rings. The van der Waals surface area contributed by atoms with Crippen molar-refractivity contribution in [1.82, 2.24) is 4.98 Å². The number of nitrogens with one attached hydrogen (secondary N) is 1. The number of anilines is 1.